The van der Waals surface area contributed by atoms with Crippen molar-refractivity contribution in [2.45, 2.75) is 26.1 Å². The van der Waals surface area contributed by atoms with Crippen molar-refractivity contribution in [3.63, 3.8) is 0 Å². The van der Waals surface area contributed by atoms with Crippen molar-refractivity contribution in [2.75, 3.05) is 32.8 Å². The molecule has 1 atom stereocenters. The first kappa shape index (κ1) is 24.5. The molecule has 2 heterocycles. The van der Waals surface area contributed by atoms with E-state index in [2.05, 4.69) is 38.9 Å². The monoisotopic (exact) mass is 545 g/mol. The van der Waals surface area contributed by atoms with Gasteiger partial charge in [0.05, 0.1) is 31.2 Å². The number of ether oxygens (including phenoxy) is 1. The molecule has 1 aromatic heterocycles. The lowest BCUT2D eigenvalue weighted by atomic mass is 10.2. The summed E-state index contributed by atoms with van der Waals surface area (Å²) in [5.41, 5.74) is 1.01. The second-order valence-corrected chi connectivity index (χ2v) is 7.93. The molecule has 1 aromatic carbocycles. The molecular formula is C20H28IN5O3S. The van der Waals surface area contributed by atoms with Crippen LogP contribution in [0.5, 0.6) is 0 Å². The highest BCUT2D eigenvalue weighted by molar-refractivity contribution is 14.0. The highest BCUT2D eigenvalue weighted by Crippen LogP contribution is 2.12. The standard InChI is InChI=1S/C20H27N5O3S.HI/c1-16(24-8-10-28-11-9-24)13-21-20(23-15-19-3-2-12-29-19)22-14-17-4-6-18(7-5-17)25(26)27;/h2-7,12,16H,8-11,13-15H2,1H3,(H2,21,22,23);1H. The first-order valence-corrected chi connectivity index (χ1v) is 10.6. The Morgan fingerprint density at radius 1 is 1.27 bits per heavy atom. The van der Waals surface area contributed by atoms with Crippen LogP contribution in [0, 0.1) is 10.1 Å². The second kappa shape index (κ2) is 12.8. The molecule has 0 aliphatic carbocycles. The van der Waals surface area contributed by atoms with Crippen LogP contribution in [0.25, 0.3) is 0 Å². The number of aliphatic imine (C=N–C) groups is 1. The number of hydrogen-bond donors (Lipinski definition) is 2. The molecule has 30 heavy (non-hydrogen) atoms. The number of morpholine rings is 1. The van der Waals surface area contributed by atoms with E-state index in [0.717, 1.165) is 44.4 Å². The third-order valence-electron chi connectivity index (χ3n) is 4.81. The maximum atomic E-state index is 10.8. The molecule has 3 rings (SSSR count). The number of nitro groups is 1. The maximum Gasteiger partial charge on any atom is 0.269 e. The maximum absolute atomic E-state index is 10.8. The number of nitrogens with one attached hydrogen (secondary N) is 2. The van der Waals surface area contributed by atoms with E-state index in [1.54, 1.807) is 23.5 Å². The topological polar surface area (TPSA) is 92.0 Å². The minimum absolute atomic E-state index is 0. The van der Waals surface area contributed by atoms with Crippen molar-refractivity contribution in [3.05, 3.63) is 62.3 Å². The van der Waals surface area contributed by atoms with E-state index in [-0.39, 0.29) is 29.7 Å². The molecule has 2 aromatic rings. The number of guanidine groups is 1. The Bertz CT molecular complexity index is 795. The van der Waals surface area contributed by atoms with Gasteiger partial charge in [-0.15, -0.1) is 35.3 Å². The lowest BCUT2D eigenvalue weighted by Crippen LogP contribution is -2.49. The van der Waals surface area contributed by atoms with E-state index in [1.165, 1.54) is 17.0 Å². The summed E-state index contributed by atoms with van der Waals surface area (Å²) in [5, 5.41) is 19.7. The summed E-state index contributed by atoms with van der Waals surface area (Å²) in [4.78, 5) is 18.7. The van der Waals surface area contributed by atoms with Crippen molar-refractivity contribution < 1.29 is 9.66 Å². The number of halogens is 1. The van der Waals surface area contributed by atoms with Gasteiger partial charge in [-0.2, -0.15) is 0 Å². The van der Waals surface area contributed by atoms with Crippen LogP contribution in [0.1, 0.15) is 17.4 Å². The Morgan fingerprint density at radius 3 is 2.63 bits per heavy atom. The van der Waals surface area contributed by atoms with E-state index < -0.39 is 4.92 Å². The quantitative estimate of drug-likeness (QED) is 0.174. The first-order valence-electron chi connectivity index (χ1n) is 9.71. The molecule has 164 valence electrons. The normalized spacial score (nSPS) is 15.8. The molecule has 2 N–H and O–H groups in total. The number of hydrogen-bond acceptors (Lipinski definition) is 6. The van der Waals surface area contributed by atoms with Crippen LogP contribution >= 0.6 is 35.3 Å². The average molecular weight is 545 g/mol. The van der Waals surface area contributed by atoms with Crippen molar-refractivity contribution in [1.82, 2.24) is 15.5 Å². The van der Waals surface area contributed by atoms with Crippen molar-refractivity contribution >= 4 is 47.0 Å². The van der Waals surface area contributed by atoms with E-state index in [4.69, 9.17) is 4.74 Å². The van der Waals surface area contributed by atoms with Crippen LogP contribution in [0.4, 0.5) is 5.69 Å². The summed E-state index contributed by atoms with van der Waals surface area (Å²) in [5.74, 6) is 0.733. The number of rotatable bonds is 8. The van der Waals surface area contributed by atoms with Gasteiger partial charge in [-0.25, -0.2) is 4.99 Å². The lowest BCUT2D eigenvalue weighted by Gasteiger charge is -2.32. The van der Waals surface area contributed by atoms with Gasteiger partial charge in [-0.3, -0.25) is 15.0 Å². The van der Waals surface area contributed by atoms with Gasteiger partial charge in [-0.05, 0) is 23.9 Å². The molecular weight excluding hydrogens is 517 g/mol. The molecule has 0 radical (unpaired) electrons. The predicted molar refractivity (Wildman–Crippen MR) is 131 cm³/mol. The van der Waals surface area contributed by atoms with Crippen molar-refractivity contribution in [1.29, 1.82) is 0 Å². The number of nitro benzene ring substituents is 1. The van der Waals surface area contributed by atoms with Gasteiger partial charge in [0, 0.05) is 42.7 Å². The Balaban J connectivity index is 0.00000320. The fraction of sp³-hybridized carbons (Fsp3) is 0.450. The highest BCUT2D eigenvalue weighted by atomic mass is 127. The molecule has 0 saturated carbocycles. The van der Waals surface area contributed by atoms with Gasteiger partial charge in [0.2, 0.25) is 0 Å². The molecule has 0 spiro atoms. The first-order chi connectivity index (χ1) is 14.1. The summed E-state index contributed by atoms with van der Waals surface area (Å²) >= 11 is 1.70. The minimum Gasteiger partial charge on any atom is -0.379 e. The van der Waals surface area contributed by atoms with Crippen LogP contribution in [0.3, 0.4) is 0 Å². The van der Waals surface area contributed by atoms with E-state index in [9.17, 15) is 10.1 Å². The van der Waals surface area contributed by atoms with Crippen LogP contribution in [-0.4, -0.2) is 54.7 Å². The molecule has 0 amide bonds. The molecule has 0 bridgehead atoms. The summed E-state index contributed by atoms with van der Waals surface area (Å²) < 4.78 is 5.43. The number of non-ortho nitro benzene ring substituents is 1. The molecule has 8 nitrogen and oxygen atoms in total. The zero-order valence-electron chi connectivity index (χ0n) is 17.0. The van der Waals surface area contributed by atoms with Gasteiger partial charge in [-0.1, -0.05) is 18.2 Å². The van der Waals surface area contributed by atoms with Gasteiger partial charge >= 0.3 is 0 Å². The Morgan fingerprint density at radius 2 is 2.00 bits per heavy atom. The van der Waals surface area contributed by atoms with Gasteiger partial charge in [0.25, 0.3) is 5.69 Å². The number of benzene rings is 1. The lowest BCUT2D eigenvalue weighted by molar-refractivity contribution is -0.384. The summed E-state index contributed by atoms with van der Waals surface area (Å²) in [7, 11) is 0. The molecule has 1 aliphatic rings. The van der Waals surface area contributed by atoms with E-state index in [0.29, 0.717) is 19.1 Å². The third-order valence-corrected chi connectivity index (χ3v) is 5.69. The predicted octanol–water partition coefficient (Wildman–Crippen LogP) is 3.23. The van der Waals surface area contributed by atoms with E-state index >= 15 is 0 Å². The van der Waals surface area contributed by atoms with Gasteiger partial charge < -0.3 is 15.4 Å². The zero-order valence-corrected chi connectivity index (χ0v) is 20.1. The fourth-order valence-electron chi connectivity index (χ4n) is 3.04. The second-order valence-electron chi connectivity index (χ2n) is 6.90. The van der Waals surface area contributed by atoms with Crippen LogP contribution in [0.15, 0.2) is 46.8 Å². The molecule has 1 saturated heterocycles. The zero-order chi connectivity index (χ0) is 20.5. The molecule has 1 aliphatic heterocycles. The van der Waals surface area contributed by atoms with E-state index in [1.807, 2.05) is 6.07 Å². The Hall–Kier alpha value is -1.76. The summed E-state index contributed by atoms with van der Waals surface area (Å²) in [6, 6.07) is 11.0. The molecule has 1 unspecified atom stereocenters. The fourth-order valence-corrected chi connectivity index (χ4v) is 3.69. The summed E-state index contributed by atoms with van der Waals surface area (Å²) in [6.45, 7) is 7.58. The number of thiophene rings is 1. The Kier molecular flexibility index (Phi) is 10.5. The smallest absolute Gasteiger partial charge is 0.269 e. The highest BCUT2D eigenvalue weighted by Gasteiger charge is 2.17. The van der Waals surface area contributed by atoms with Crippen molar-refractivity contribution in [3.8, 4) is 0 Å². The van der Waals surface area contributed by atoms with Crippen LogP contribution < -0.4 is 10.6 Å². The number of nitrogens with zero attached hydrogens (tertiary/aromatic N) is 3. The van der Waals surface area contributed by atoms with Crippen LogP contribution in [0.2, 0.25) is 0 Å². The van der Waals surface area contributed by atoms with Crippen LogP contribution in [-0.2, 0) is 17.8 Å². The SMILES string of the molecule is CC(CNC(=NCc1ccc([N+](=O)[O-])cc1)NCc1cccs1)N1CCOCC1.I. The molecule has 10 heteroatoms. The largest absolute Gasteiger partial charge is 0.379 e. The average Bonchev–Trinajstić information content (AvgIpc) is 3.27. The minimum atomic E-state index is -0.393. The summed E-state index contributed by atoms with van der Waals surface area (Å²) in [6.07, 6.45) is 0. The van der Waals surface area contributed by atoms with Gasteiger partial charge in [0.15, 0.2) is 5.96 Å². The third kappa shape index (κ3) is 7.82. The molecule has 1 fully saturated rings. The van der Waals surface area contributed by atoms with Gasteiger partial charge in [0.1, 0.15) is 0 Å². The Labute approximate surface area is 197 Å². The van der Waals surface area contributed by atoms with Crippen molar-refractivity contribution in [2.24, 2.45) is 4.99 Å².